The molecule has 1 saturated heterocycles. The second kappa shape index (κ2) is 10.3. The van der Waals surface area contributed by atoms with Gasteiger partial charge in [-0.1, -0.05) is 6.58 Å². The van der Waals surface area contributed by atoms with Crippen LogP contribution in [-0.4, -0.2) is 66.5 Å². The summed E-state index contributed by atoms with van der Waals surface area (Å²) in [5, 5.41) is 3.40. The molecule has 0 radical (unpaired) electrons. The Morgan fingerprint density at radius 3 is 2.58 bits per heavy atom. The van der Waals surface area contributed by atoms with Gasteiger partial charge in [-0.05, 0) is 55.8 Å². The van der Waals surface area contributed by atoms with Crippen molar-refractivity contribution in [2.24, 2.45) is 7.05 Å². The first-order chi connectivity index (χ1) is 19.4. The number of imidazole rings is 1. The van der Waals surface area contributed by atoms with Crippen LogP contribution < -0.4 is 15.0 Å². The number of rotatable bonds is 6. The van der Waals surface area contributed by atoms with Crippen LogP contribution in [0.15, 0.2) is 61.7 Å². The lowest BCUT2D eigenvalue weighted by Gasteiger charge is -2.35. The largest absolute Gasteiger partial charge is 0.455 e. The van der Waals surface area contributed by atoms with Gasteiger partial charge in [0.15, 0.2) is 17.2 Å². The first-order valence-corrected chi connectivity index (χ1v) is 13.0. The molecule has 11 heteroatoms. The minimum Gasteiger partial charge on any atom is -0.455 e. The molecule has 1 aromatic carbocycles. The van der Waals surface area contributed by atoms with Crippen LogP contribution in [0.25, 0.3) is 22.2 Å². The molecule has 5 aromatic rings. The summed E-state index contributed by atoms with van der Waals surface area (Å²) in [6.45, 7) is 10.1. The molecule has 6 rings (SSSR count). The van der Waals surface area contributed by atoms with E-state index in [0.717, 1.165) is 45.2 Å². The summed E-state index contributed by atoms with van der Waals surface area (Å²) in [5.41, 5.74) is 5.61. The predicted molar refractivity (Wildman–Crippen MR) is 154 cm³/mol. The number of nitrogens with one attached hydrogen (secondary N) is 1. The molecule has 5 heterocycles. The van der Waals surface area contributed by atoms with Crippen molar-refractivity contribution in [2.75, 3.05) is 36.4 Å². The zero-order valence-electron chi connectivity index (χ0n) is 22.6. The van der Waals surface area contributed by atoms with Crippen molar-refractivity contribution in [3.05, 3.63) is 73.0 Å². The average molecular weight is 536 g/mol. The molecule has 0 spiro atoms. The Morgan fingerprint density at radius 2 is 1.80 bits per heavy atom. The second-order valence-electron chi connectivity index (χ2n) is 9.75. The van der Waals surface area contributed by atoms with Crippen LogP contribution in [0.5, 0.6) is 11.5 Å². The third kappa shape index (κ3) is 4.77. The van der Waals surface area contributed by atoms with Crippen LogP contribution >= 0.6 is 0 Å². The number of anilines is 3. The lowest BCUT2D eigenvalue weighted by Crippen LogP contribution is -2.48. The molecule has 0 unspecified atom stereocenters. The van der Waals surface area contributed by atoms with E-state index in [4.69, 9.17) is 9.72 Å². The van der Waals surface area contributed by atoms with Gasteiger partial charge in [0.2, 0.25) is 5.91 Å². The number of hydrogen-bond donors (Lipinski definition) is 1. The molecule has 1 amide bonds. The van der Waals surface area contributed by atoms with Crippen LogP contribution in [0.3, 0.4) is 0 Å². The van der Waals surface area contributed by atoms with Crippen molar-refractivity contribution in [1.82, 2.24) is 34.4 Å². The Balaban J connectivity index is 1.22. The molecule has 11 nitrogen and oxygen atoms in total. The maximum atomic E-state index is 11.9. The minimum absolute atomic E-state index is 0.0428. The Bertz CT molecular complexity index is 1760. The molecule has 0 atom stereocenters. The highest BCUT2D eigenvalue weighted by Crippen LogP contribution is 2.32. The molecule has 1 aliphatic rings. The number of carbonyl (C=O) groups excluding carboxylic acids is 1. The zero-order valence-corrected chi connectivity index (χ0v) is 22.6. The van der Waals surface area contributed by atoms with E-state index in [-0.39, 0.29) is 5.91 Å². The van der Waals surface area contributed by atoms with Gasteiger partial charge in [-0.2, -0.15) is 0 Å². The number of benzene rings is 1. The molecule has 0 saturated carbocycles. The minimum atomic E-state index is -0.0428. The summed E-state index contributed by atoms with van der Waals surface area (Å²) in [7, 11) is 1.92. The van der Waals surface area contributed by atoms with E-state index in [1.807, 2.05) is 61.9 Å². The number of piperazine rings is 1. The number of carbonyl (C=O) groups is 1. The van der Waals surface area contributed by atoms with Gasteiger partial charge in [-0.15, -0.1) is 0 Å². The van der Waals surface area contributed by atoms with Gasteiger partial charge in [0.1, 0.15) is 28.9 Å². The number of aromatic nitrogens is 6. The molecule has 202 valence electrons. The average Bonchev–Trinajstić information content (AvgIpc) is 3.33. The Hall–Kier alpha value is -5.06. The van der Waals surface area contributed by atoms with E-state index in [9.17, 15) is 4.79 Å². The molecule has 1 fully saturated rings. The number of ether oxygens (including phenoxy) is 1. The summed E-state index contributed by atoms with van der Waals surface area (Å²) in [4.78, 5) is 38.7. The van der Waals surface area contributed by atoms with Gasteiger partial charge in [-0.3, -0.25) is 4.79 Å². The number of fused-ring (bicyclic) bond motifs is 2. The third-order valence-corrected chi connectivity index (χ3v) is 7.05. The summed E-state index contributed by atoms with van der Waals surface area (Å²) < 4.78 is 8.12. The summed E-state index contributed by atoms with van der Waals surface area (Å²) in [6.07, 6.45) is 4.63. The van der Waals surface area contributed by atoms with E-state index in [0.29, 0.717) is 43.3 Å². The Labute approximate surface area is 231 Å². The number of pyridine rings is 2. The van der Waals surface area contributed by atoms with Gasteiger partial charge < -0.3 is 24.4 Å². The smallest absolute Gasteiger partial charge is 0.246 e. The van der Waals surface area contributed by atoms with Crippen LogP contribution in [-0.2, 0) is 11.8 Å². The summed E-state index contributed by atoms with van der Waals surface area (Å²) in [6, 6.07) is 11.7. The standard InChI is InChI=1S/C29H29N9O2/c1-5-26(39)38-12-10-37(11-13-38)25-9-7-21-27(35-25)28(31-16-30-21)34-20-6-8-23(18(2)14-20)40-24-15-22-29(33-19(24)3)36(4)17-32-22/h5-9,14-17H,1,10-13H2,2-4H3,(H,30,31,34). The van der Waals surface area contributed by atoms with Gasteiger partial charge >= 0.3 is 0 Å². The molecule has 40 heavy (non-hydrogen) atoms. The molecular weight excluding hydrogens is 506 g/mol. The predicted octanol–water partition coefficient (Wildman–Crippen LogP) is 4.29. The monoisotopic (exact) mass is 535 g/mol. The Morgan fingerprint density at radius 1 is 0.975 bits per heavy atom. The highest BCUT2D eigenvalue weighted by molar-refractivity contribution is 5.89. The third-order valence-electron chi connectivity index (χ3n) is 7.05. The molecule has 4 aromatic heterocycles. The zero-order chi connectivity index (χ0) is 27.8. The number of hydrogen-bond acceptors (Lipinski definition) is 9. The maximum Gasteiger partial charge on any atom is 0.246 e. The fraction of sp³-hybridized carbons (Fsp3) is 0.241. The van der Waals surface area contributed by atoms with Crippen molar-refractivity contribution in [2.45, 2.75) is 13.8 Å². The quantitative estimate of drug-likeness (QED) is 0.318. The Kier molecular flexibility index (Phi) is 6.47. The second-order valence-corrected chi connectivity index (χ2v) is 9.75. The molecule has 1 N–H and O–H groups in total. The SMILES string of the molecule is C=CC(=O)N1CCN(c2ccc3ncnc(Nc4ccc(Oc5cc6ncn(C)c6nc5C)c(C)c4)c3n2)CC1. The maximum absolute atomic E-state index is 11.9. The number of amides is 1. The first-order valence-electron chi connectivity index (χ1n) is 13.0. The fourth-order valence-electron chi connectivity index (χ4n) is 4.81. The number of aryl methyl sites for hydroxylation is 3. The van der Waals surface area contributed by atoms with E-state index in [2.05, 4.69) is 36.7 Å². The summed E-state index contributed by atoms with van der Waals surface area (Å²) in [5.74, 6) is 2.79. The van der Waals surface area contributed by atoms with Crippen LogP contribution in [0.2, 0.25) is 0 Å². The van der Waals surface area contributed by atoms with Crippen molar-refractivity contribution >= 4 is 45.4 Å². The lowest BCUT2D eigenvalue weighted by atomic mass is 10.2. The molecule has 1 aliphatic heterocycles. The van der Waals surface area contributed by atoms with Gasteiger partial charge in [0, 0.05) is 45.0 Å². The van der Waals surface area contributed by atoms with Crippen molar-refractivity contribution < 1.29 is 9.53 Å². The lowest BCUT2D eigenvalue weighted by molar-refractivity contribution is -0.126. The van der Waals surface area contributed by atoms with Crippen LogP contribution in [0.4, 0.5) is 17.3 Å². The summed E-state index contributed by atoms with van der Waals surface area (Å²) >= 11 is 0. The van der Waals surface area contributed by atoms with E-state index >= 15 is 0 Å². The molecule has 0 aliphatic carbocycles. The van der Waals surface area contributed by atoms with Crippen molar-refractivity contribution in [1.29, 1.82) is 0 Å². The normalized spacial score (nSPS) is 13.6. The van der Waals surface area contributed by atoms with Crippen LogP contribution in [0.1, 0.15) is 11.3 Å². The highest BCUT2D eigenvalue weighted by atomic mass is 16.5. The first kappa shape index (κ1) is 25.2. The topological polar surface area (TPSA) is 114 Å². The van der Waals surface area contributed by atoms with Crippen molar-refractivity contribution in [3.8, 4) is 11.5 Å². The van der Waals surface area contributed by atoms with E-state index in [1.54, 1.807) is 11.2 Å². The van der Waals surface area contributed by atoms with Crippen molar-refractivity contribution in [3.63, 3.8) is 0 Å². The highest BCUT2D eigenvalue weighted by Gasteiger charge is 2.21. The fourth-order valence-corrected chi connectivity index (χ4v) is 4.81. The van der Waals surface area contributed by atoms with Gasteiger partial charge in [0.05, 0.1) is 17.5 Å². The molecule has 0 bridgehead atoms. The van der Waals surface area contributed by atoms with Gasteiger partial charge in [-0.25, -0.2) is 24.9 Å². The van der Waals surface area contributed by atoms with Gasteiger partial charge in [0.25, 0.3) is 0 Å². The molecular formula is C29H29N9O2. The van der Waals surface area contributed by atoms with Crippen LogP contribution in [0, 0.1) is 13.8 Å². The van der Waals surface area contributed by atoms with E-state index in [1.165, 1.54) is 12.4 Å². The number of nitrogens with zero attached hydrogens (tertiary/aromatic N) is 8. The van der Waals surface area contributed by atoms with E-state index < -0.39 is 0 Å².